The predicted molar refractivity (Wildman–Crippen MR) is 119 cm³/mol. The smallest absolute Gasteiger partial charge is 0.251 e. The number of carbonyl (C=O) groups is 2. The molecule has 2 amide bonds. The van der Waals surface area contributed by atoms with Crippen molar-refractivity contribution < 1.29 is 9.59 Å². The zero-order chi connectivity index (χ0) is 21.1. The standard InChI is InChI=1S/C26H26N2O2/c1-17-8-9-22(26(30)28-23-14-15-23)16-24(17)20-10-12-21(13-11-20)25(29)27-18(2)19-6-4-3-5-7-19/h3-13,16,18,23H,14-15H2,1-2H3,(H,27,29)(H,28,30)/t18-/m1/s1. The van der Waals surface area contributed by atoms with Crippen LogP contribution in [0.2, 0.25) is 0 Å². The van der Waals surface area contributed by atoms with Crippen LogP contribution in [0.25, 0.3) is 11.1 Å². The fraction of sp³-hybridized carbons (Fsp3) is 0.231. The van der Waals surface area contributed by atoms with Gasteiger partial charge < -0.3 is 10.6 Å². The molecule has 152 valence electrons. The van der Waals surface area contributed by atoms with Gasteiger partial charge in [-0.15, -0.1) is 0 Å². The van der Waals surface area contributed by atoms with Gasteiger partial charge in [0.2, 0.25) is 0 Å². The molecule has 0 heterocycles. The molecule has 0 bridgehead atoms. The quantitative estimate of drug-likeness (QED) is 0.611. The van der Waals surface area contributed by atoms with Crippen LogP contribution in [-0.2, 0) is 0 Å². The summed E-state index contributed by atoms with van der Waals surface area (Å²) < 4.78 is 0. The minimum atomic E-state index is -0.104. The second-order valence-electron chi connectivity index (χ2n) is 7.96. The Morgan fingerprint density at radius 1 is 0.867 bits per heavy atom. The zero-order valence-corrected chi connectivity index (χ0v) is 17.3. The van der Waals surface area contributed by atoms with Crippen molar-refractivity contribution in [2.45, 2.75) is 38.8 Å². The van der Waals surface area contributed by atoms with Crippen molar-refractivity contribution in [1.82, 2.24) is 10.6 Å². The fourth-order valence-corrected chi connectivity index (χ4v) is 3.48. The van der Waals surface area contributed by atoms with Crippen LogP contribution >= 0.6 is 0 Å². The van der Waals surface area contributed by atoms with E-state index >= 15 is 0 Å². The van der Waals surface area contributed by atoms with E-state index in [0.717, 1.165) is 35.1 Å². The SMILES string of the molecule is Cc1ccc(C(=O)NC2CC2)cc1-c1ccc(C(=O)N[C@H](C)c2ccccc2)cc1. The van der Waals surface area contributed by atoms with Gasteiger partial charge in [-0.05, 0) is 73.2 Å². The van der Waals surface area contributed by atoms with Crippen molar-refractivity contribution in [3.05, 3.63) is 95.1 Å². The molecule has 1 aliphatic carbocycles. The molecule has 0 aliphatic heterocycles. The maximum Gasteiger partial charge on any atom is 0.251 e. The maximum atomic E-state index is 12.6. The number of hydrogen-bond donors (Lipinski definition) is 2. The Kier molecular flexibility index (Phi) is 5.66. The van der Waals surface area contributed by atoms with Gasteiger partial charge in [-0.2, -0.15) is 0 Å². The first-order chi connectivity index (χ1) is 14.5. The number of rotatable bonds is 6. The molecule has 3 aromatic carbocycles. The lowest BCUT2D eigenvalue weighted by molar-refractivity contribution is 0.0935. The molecule has 0 saturated heterocycles. The number of nitrogens with one attached hydrogen (secondary N) is 2. The summed E-state index contributed by atoms with van der Waals surface area (Å²) >= 11 is 0. The molecule has 2 N–H and O–H groups in total. The van der Waals surface area contributed by atoms with Crippen LogP contribution < -0.4 is 10.6 Å². The number of hydrogen-bond acceptors (Lipinski definition) is 2. The first-order valence-electron chi connectivity index (χ1n) is 10.4. The van der Waals surface area contributed by atoms with E-state index < -0.39 is 0 Å². The van der Waals surface area contributed by atoms with Crippen LogP contribution in [0.15, 0.2) is 72.8 Å². The number of carbonyl (C=O) groups excluding carboxylic acids is 2. The first-order valence-corrected chi connectivity index (χ1v) is 10.4. The molecule has 1 atom stereocenters. The van der Waals surface area contributed by atoms with E-state index in [-0.39, 0.29) is 17.9 Å². The van der Waals surface area contributed by atoms with Crippen LogP contribution in [0.5, 0.6) is 0 Å². The van der Waals surface area contributed by atoms with Gasteiger partial charge in [-0.1, -0.05) is 48.5 Å². The highest BCUT2D eigenvalue weighted by atomic mass is 16.2. The Morgan fingerprint density at radius 2 is 1.53 bits per heavy atom. The van der Waals surface area contributed by atoms with Crippen LogP contribution in [0.4, 0.5) is 0 Å². The molecule has 0 aromatic heterocycles. The summed E-state index contributed by atoms with van der Waals surface area (Å²) in [6, 6.07) is 23.5. The zero-order valence-electron chi connectivity index (χ0n) is 17.3. The van der Waals surface area contributed by atoms with E-state index in [4.69, 9.17) is 0 Å². The van der Waals surface area contributed by atoms with Gasteiger partial charge in [-0.3, -0.25) is 9.59 Å². The second kappa shape index (κ2) is 8.54. The maximum absolute atomic E-state index is 12.6. The normalized spacial score (nSPS) is 14.1. The summed E-state index contributed by atoms with van der Waals surface area (Å²) in [5.41, 5.74) is 5.43. The summed E-state index contributed by atoms with van der Waals surface area (Å²) in [4.78, 5) is 25.0. The van der Waals surface area contributed by atoms with Crippen molar-refractivity contribution in [1.29, 1.82) is 0 Å². The van der Waals surface area contributed by atoms with Gasteiger partial charge in [0, 0.05) is 17.2 Å². The third kappa shape index (κ3) is 4.60. The number of benzene rings is 3. The second-order valence-corrected chi connectivity index (χ2v) is 7.96. The van der Waals surface area contributed by atoms with Crippen LogP contribution in [0, 0.1) is 6.92 Å². The monoisotopic (exact) mass is 398 g/mol. The Hall–Kier alpha value is -3.40. The third-order valence-corrected chi connectivity index (χ3v) is 5.52. The Labute approximate surface area is 177 Å². The molecule has 0 unspecified atom stereocenters. The van der Waals surface area contributed by atoms with E-state index in [1.165, 1.54) is 0 Å². The fourth-order valence-electron chi connectivity index (χ4n) is 3.48. The molecule has 0 radical (unpaired) electrons. The van der Waals surface area contributed by atoms with Crippen molar-refractivity contribution in [2.24, 2.45) is 0 Å². The molecular formula is C26H26N2O2. The highest BCUT2D eigenvalue weighted by Crippen LogP contribution is 2.26. The molecule has 1 aliphatic rings. The molecule has 1 saturated carbocycles. The Balaban J connectivity index is 1.49. The van der Waals surface area contributed by atoms with Crippen molar-refractivity contribution in [3.63, 3.8) is 0 Å². The van der Waals surface area contributed by atoms with E-state index in [2.05, 4.69) is 10.6 Å². The molecule has 30 heavy (non-hydrogen) atoms. The average Bonchev–Trinajstić information content (AvgIpc) is 3.58. The number of amides is 2. The first kappa shape index (κ1) is 19.9. The summed E-state index contributed by atoms with van der Waals surface area (Å²) in [5, 5.41) is 6.07. The highest BCUT2D eigenvalue weighted by Gasteiger charge is 2.24. The average molecular weight is 399 g/mol. The van der Waals surface area contributed by atoms with Crippen LogP contribution in [0.1, 0.15) is 57.7 Å². The summed E-state index contributed by atoms with van der Waals surface area (Å²) in [5.74, 6) is -0.128. The van der Waals surface area contributed by atoms with Gasteiger partial charge >= 0.3 is 0 Å². The molecule has 4 rings (SSSR count). The molecular weight excluding hydrogens is 372 g/mol. The Morgan fingerprint density at radius 3 is 2.20 bits per heavy atom. The minimum Gasteiger partial charge on any atom is -0.349 e. The lowest BCUT2D eigenvalue weighted by atomic mass is 9.97. The van der Waals surface area contributed by atoms with E-state index in [9.17, 15) is 9.59 Å². The molecule has 1 fully saturated rings. The topological polar surface area (TPSA) is 58.2 Å². The molecule has 4 heteroatoms. The van der Waals surface area contributed by atoms with E-state index in [0.29, 0.717) is 17.2 Å². The lowest BCUT2D eigenvalue weighted by Gasteiger charge is -2.15. The van der Waals surface area contributed by atoms with Gasteiger partial charge in [0.1, 0.15) is 0 Å². The summed E-state index contributed by atoms with van der Waals surface area (Å²) in [6.45, 7) is 4.00. The lowest BCUT2D eigenvalue weighted by Crippen LogP contribution is -2.26. The third-order valence-electron chi connectivity index (χ3n) is 5.52. The minimum absolute atomic E-state index is 0.0235. The van der Waals surface area contributed by atoms with Gasteiger partial charge in [-0.25, -0.2) is 0 Å². The molecule has 4 nitrogen and oxygen atoms in total. The predicted octanol–water partition coefficient (Wildman–Crippen LogP) is 5.05. The van der Waals surface area contributed by atoms with Crippen LogP contribution in [0.3, 0.4) is 0 Å². The summed E-state index contributed by atoms with van der Waals surface area (Å²) in [6.07, 6.45) is 2.13. The van der Waals surface area contributed by atoms with E-state index in [1.54, 1.807) is 0 Å². The van der Waals surface area contributed by atoms with E-state index in [1.807, 2.05) is 86.6 Å². The highest BCUT2D eigenvalue weighted by molar-refractivity contribution is 5.97. The van der Waals surface area contributed by atoms with Crippen molar-refractivity contribution in [3.8, 4) is 11.1 Å². The molecule has 0 spiro atoms. The Bertz CT molecular complexity index is 1050. The summed E-state index contributed by atoms with van der Waals surface area (Å²) in [7, 11) is 0. The van der Waals surface area contributed by atoms with Crippen molar-refractivity contribution in [2.75, 3.05) is 0 Å². The van der Waals surface area contributed by atoms with Crippen LogP contribution in [-0.4, -0.2) is 17.9 Å². The van der Waals surface area contributed by atoms with Gasteiger partial charge in [0.25, 0.3) is 11.8 Å². The van der Waals surface area contributed by atoms with Crippen molar-refractivity contribution >= 4 is 11.8 Å². The van der Waals surface area contributed by atoms with Gasteiger partial charge in [0.05, 0.1) is 6.04 Å². The number of aryl methyl sites for hydroxylation is 1. The largest absolute Gasteiger partial charge is 0.349 e. The molecule has 3 aromatic rings. The van der Waals surface area contributed by atoms with Gasteiger partial charge in [0.15, 0.2) is 0 Å².